The lowest BCUT2D eigenvalue weighted by Crippen LogP contribution is -2.28. The molecule has 4 rings (SSSR count). The summed E-state index contributed by atoms with van der Waals surface area (Å²) >= 11 is 8.69. The largest absolute Gasteiger partial charge is 0.326 e. The van der Waals surface area contributed by atoms with Crippen molar-refractivity contribution < 1.29 is 4.79 Å². The Morgan fingerprint density at radius 3 is 2.75 bits per heavy atom. The van der Waals surface area contributed by atoms with Crippen LogP contribution in [0.5, 0.6) is 0 Å². The van der Waals surface area contributed by atoms with Gasteiger partial charge in [0, 0.05) is 23.5 Å². The highest BCUT2D eigenvalue weighted by Gasteiger charge is 2.06. The van der Waals surface area contributed by atoms with Gasteiger partial charge in [0.1, 0.15) is 0 Å². The van der Waals surface area contributed by atoms with E-state index in [0.29, 0.717) is 13.0 Å². The Morgan fingerprint density at radius 1 is 1.14 bits per heavy atom. The van der Waals surface area contributed by atoms with Crippen LogP contribution in [0.3, 0.4) is 0 Å². The molecule has 0 unspecified atom stereocenters. The van der Waals surface area contributed by atoms with Gasteiger partial charge >= 0.3 is 0 Å². The van der Waals surface area contributed by atoms with Gasteiger partial charge in [-0.25, -0.2) is 0 Å². The van der Waals surface area contributed by atoms with Crippen LogP contribution in [-0.4, -0.2) is 10.5 Å². The Kier molecular flexibility index (Phi) is 5.52. The van der Waals surface area contributed by atoms with E-state index in [1.807, 2.05) is 52.4 Å². The quantitative estimate of drug-likeness (QED) is 0.471. The number of anilines is 1. The topological polar surface area (TPSA) is 34.0 Å². The molecule has 2 aromatic heterocycles. The molecule has 3 nitrogen and oxygen atoms in total. The lowest BCUT2D eigenvalue weighted by atomic mass is 10.1. The van der Waals surface area contributed by atoms with Gasteiger partial charge in [-0.15, -0.1) is 22.7 Å². The number of amides is 1. The summed E-state index contributed by atoms with van der Waals surface area (Å²) in [5.41, 5.74) is 0.805. The molecule has 140 valence electrons. The van der Waals surface area contributed by atoms with Crippen LogP contribution in [0.15, 0.2) is 60.0 Å². The predicted octanol–water partition coefficient (Wildman–Crippen LogP) is 4.76. The highest BCUT2D eigenvalue weighted by molar-refractivity contribution is 7.73. The number of hydrogen-bond acceptors (Lipinski definition) is 4. The van der Waals surface area contributed by atoms with E-state index in [0.717, 1.165) is 30.3 Å². The summed E-state index contributed by atoms with van der Waals surface area (Å²) in [5, 5.41) is 8.14. The van der Waals surface area contributed by atoms with Gasteiger partial charge in [-0.3, -0.25) is 4.79 Å². The second-order valence-electron chi connectivity index (χ2n) is 6.35. The summed E-state index contributed by atoms with van der Waals surface area (Å²) in [6.45, 7) is 4.69. The van der Waals surface area contributed by atoms with Crippen LogP contribution >= 0.6 is 34.9 Å². The van der Waals surface area contributed by atoms with E-state index >= 15 is 0 Å². The van der Waals surface area contributed by atoms with Crippen LogP contribution in [0.4, 0.5) is 5.69 Å². The molecule has 4 aromatic rings. The Balaban J connectivity index is 1.47. The van der Waals surface area contributed by atoms with Gasteiger partial charge in [0.2, 0.25) is 5.91 Å². The minimum absolute atomic E-state index is 0.0356. The SMILES string of the molecule is C=c1/c(=C/c2cccs2)sc(=S)n1CCC(=O)Nc1ccc2ccccc2c1. The van der Waals surface area contributed by atoms with E-state index in [9.17, 15) is 4.79 Å². The average Bonchev–Trinajstić information content (AvgIpc) is 3.29. The number of carbonyl (C=O) groups excluding carboxylic acids is 1. The van der Waals surface area contributed by atoms with Crippen molar-refractivity contribution in [3.63, 3.8) is 0 Å². The first-order valence-electron chi connectivity index (χ1n) is 8.82. The molecule has 0 saturated heterocycles. The molecule has 1 amide bonds. The smallest absolute Gasteiger partial charge is 0.226 e. The highest BCUT2D eigenvalue weighted by atomic mass is 32.1. The van der Waals surface area contributed by atoms with Gasteiger partial charge in [-0.2, -0.15) is 0 Å². The first kappa shape index (κ1) is 18.8. The fourth-order valence-electron chi connectivity index (χ4n) is 3.00. The van der Waals surface area contributed by atoms with E-state index in [-0.39, 0.29) is 5.91 Å². The number of thiophene rings is 1. The molecule has 0 radical (unpaired) electrons. The van der Waals surface area contributed by atoms with E-state index in [1.54, 1.807) is 11.3 Å². The van der Waals surface area contributed by atoms with Gasteiger partial charge < -0.3 is 9.88 Å². The summed E-state index contributed by atoms with van der Waals surface area (Å²) < 4.78 is 3.73. The lowest BCUT2D eigenvalue weighted by Gasteiger charge is -2.07. The van der Waals surface area contributed by atoms with Crippen LogP contribution in [-0.2, 0) is 11.3 Å². The number of aromatic nitrogens is 1. The van der Waals surface area contributed by atoms with Crippen molar-refractivity contribution >= 4 is 69.9 Å². The number of nitrogens with one attached hydrogen (secondary N) is 1. The molecular formula is C22H18N2OS3. The molecule has 28 heavy (non-hydrogen) atoms. The number of nitrogens with zero attached hydrogens (tertiary/aromatic N) is 1. The molecule has 6 heteroatoms. The summed E-state index contributed by atoms with van der Waals surface area (Å²) in [4.78, 5) is 13.6. The highest BCUT2D eigenvalue weighted by Crippen LogP contribution is 2.19. The van der Waals surface area contributed by atoms with Gasteiger partial charge in [0.15, 0.2) is 3.95 Å². The zero-order valence-corrected chi connectivity index (χ0v) is 17.5. The van der Waals surface area contributed by atoms with Gasteiger partial charge in [0.25, 0.3) is 0 Å². The number of carbonyl (C=O) groups is 1. The van der Waals surface area contributed by atoms with Crippen molar-refractivity contribution in [2.45, 2.75) is 13.0 Å². The Hall–Kier alpha value is -2.54. The molecule has 0 bridgehead atoms. The summed E-state index contributed by atoms with van der Waals surface area (Å²) in [6.07, 6.45) is 2.44. The summed E-state index contributed by atoms with van der Waals surface area (Å²) in [7, 11) is 0. The third kappa shape index (κ3) is 4.14. The lowest BCUT2D eigenvalue weighted by molar-refractivity contribution is -0.116. The van der Waals surface area contributed by atoms with Crippen LogP contribution in [0.2, 0.25) is 0 Å². The second kappa shape index (κ2) is 8.22. The first-order chi connectivity index (χ1) is 13.6. The molecule has 0 aliphatic heterocycles. The van der Waals surface area contributed by atoms with Gasteiger partial charge in [-0.1, -0.05) is 43.0 Å². The van der Waals surface area contributed by atoms with Crippen LogP contribution in [0.1, 0.15) is 11.3 Å². The van der Waals surface area contributed by atoms with Crippen molar-refractivity contribution in [2.24, 2.45) is 0 Å². The molecule has 0 saturated carbocycles. The molecule has 0 spiro atoms. The van der Waals surface area contributed by atoms with Crippen LogP contribution in [0, 0.1) is 3.95 Å². The van der Waals surface area contributed by atoms with Crippen molar-refractivity contribution in [3.8, 4) is 0 Å². The number of benzene rings is 2. The van der Waals surface area contributed by atoms with Crippen LogP contribution in [0.25, 0.3) is 23.4 Å². The van der Waals surface area contributed by atoms with Gasteiger partial charge in [0.05, 0.1) is 9.88 Å². The standard InChI is InChI=1S/C22H18N2OS3/c1-15-20(14-19-7-4-12-27-19)28-22(26)24(15)11-10-21(25)23-18-9-8-16-5-2-3-6-17(16)13-18/h2-9,12-14H,1,10-11H2,(H,23,25)/b20-14-. The summed E-state index contributed by atoms with van der Waals surface area (Å²) in [6, 6.07) is 18.1. The normalized spacial score (nSPS) is 11.8. The maximum atomic E-state index is 12.4. The minimum Gasteiger partial charge on any atom is -0.326 e. The fourth-order valence-corrected chi connectivity index (χ4v) is 5.11. The third-order valence-corrected chi connectivity index (χ3v) is 6.70. The maximum Gasteiger partial charge on any atom is 0.226 e. The van der Waals surface area contributed by atoms with E-state index in [4.69, 9.17) is 12.2 Å². The monoisotopic (exact) mass is 422 g/mol. The molecule has 2 aromatic carbocycles. The van der Waals surface area contributed by atoms with Crippen molar-refractivity contribution in [3.05, 3.63) is 78.7 Å². The number of rotatable bonds is 5. The molecule has 0 aliphatic rings. The zero-order chi connectivity index (χ0) is 19.5. The van der Waals surface area contributed by atoms with Gasteiger partial charge in [-0.05, 0) is 52.6 Å². The Labute approximate surface area is 175 Å². The Morgan fingerprint density at radius 2 is 1.96 bits per heavy atom. The van der Waals surface area contributed by atoms with E-state index in [1.165, 1.54) is 16.2 Å². The molecular weight excluding hydrogens is 404 g/mol. The number of thiazole rings is 1. The van der Waals surface area contributed by atoms with E-state index < -0.39 is 0 Å². The second-order valence-corrected chi connectivity index (χ2v) is 9.01. The van der Waals surface area contributed by atoms with E-state index in [2.05, 4.69) is 30.1 Å². The molecule has 0 atom stereocenters. The van der Waals surface area contributed by atoms with Crippen molar-refractivity contribution in [1.29, 1.82) is 0 Å². The van der Waals surface area contributed by atoms with Crippen molar-refractivity contribution in [1.82, 2.24) is 4.57 Å². The predicted molar refractivity (Wildman–Crippen MR) is 123 cm³/mol. The molecule has 0 fully saturated rings. The third-order valence-electron chi connectivity index (χ3n) is 4.44. The zero-order valence-electron chi connectivity index (χ0n) is 15.1. The summed E-state index contributed by atoms with van der Waals surface area (Å²) in [5.74, 6) is -0.0356. The van der Waals surface area contributed by atoms with Crippen molar-refractivity contribution in [2.75, 3.05) is 5.32 Å². The Bertz CT molecular complexity index is 1300. The minimum atomic E-state index is -0.0356. The molecule has 1 N–H and O–H groups in total. The first-order valence-corrected chi connectivity index (χ1v) is 10.9. The molecule has 2 heterocycles. The van der Waals surface area contributed by atoms with Crippen LogP contribution < -0.4 is 15.2 Å². The maximum absolute atomic E-state index is 12.4. The molecule has 0 aliphatic carbocycles. The number of hydrogen-bond donors (Lipinski definition) is 1. The number of fused-ring (bicyclic) bond motifs is 1. The fraction of sp³-hybridized carbons (Fsp3) is 0.0909. The average molecular weight is 423 g/mol.